The molecule has 1 amide bonds. The van der Waals surface area contributed by atoms with Crippen molar-refractivity contribution >= 4 is 52.4 Å². The summed E-state index contributed by atoms with van der Waals surface area (Å²) in [5.74, 6) is 0.585. The molecule has 4 heterocycles. The predicted molar refractivity (Wildman–Crippen MR) is 144 cm³/mol. The van der Waals surface area contributed by atoms with E-state index in [1.807, 2.05) is 6.26 Å². The van der Waals surface area contributed by atoms with Gasteiger partial charge in [0, 0.05) is 48.4 Å². The number of aromatic nitrogens is 2. The van der Waals surface area contributed by atoms with Gasteiger partial charge in [-0.15, -0.1) is 34.9 Å². The van der Waals surface area contributed by atoms with Gasteiger partial charge >= 0.3 is 6.18 Å². The molecule has 0 aliphatic carbocycles. The molecule has 0 bridgehead atoms. The van der Waals surface area contributed by atoms with Gasteiger partial charge in [-0.05, 0) is 48.5 Å². The number of thioether (sulfide) groups is 2. The zero-order chi connectivity index (χ0) is 26.3. The van der Waals surface area contributed by atoms with Gasteiger partial charge in [0.2, 0.25) is 5.95 Å². The summed E-state index contributed by atoms with van der Waals surface area (Å²) >= 11 is 4.09. The third-order valence-corrected chi connectivity index (χ3v) is 9.61. The first kappa shape index (κ1) is 26.3. The molecule has 0 radical (unpaired) electrons. The van der Waals surface area contributed by atoms with Crippen LogP contribution in [0, 0.1) is 0 Å². The average molecular weight is 566 g/mol. The van der Waals surface area contributed by atoms with Crippen LogP contribution in [0.4, 0.5) is 24.8 Å². The zero-order valence-electron chi connectivity index (χ0n) is 20.6. The van der Waals surface area contributed by atoms with E-state index in [0.29, 0.717) is 26.9 Å². The molecule has 2 aliphatic rings. The van der Waals surface area contributed by atoms with E-state index in [1.165, 1.54) is 22.9 Å². The van der Waals surface area contributed by atoms with Crippen LogP contribution in [0.25, 0.3) is 10.6 Å². The minimum absolute atomic E-state index is 0.0870. The Morgan fingerprint density at radius 3 is 2.73 bits per heavy atom. The van der Waals surface area contributed by atoms with Crippen molar-refractivity contribution in [2.24, 2.45) is 0 Å². The second kappa shape index (κ2) is 10.5. The highest BCUT2D eigenvalue weighted by atomic mass is 32.2. The third-order valence-electron chi connectivity index (χ3n) is 6.56. The molecule has 2 aliphatic heterocycles. The number of alkyl halides is 3. The van der Waals surface area contributed by atoms with E-state index in [9.17, 15) is 18.0 Å². The predicted octanol–water partition coefficient (Wildman–Crippen LogP) is 6.25. The average Bonchev–Trinajstić information content (AvgIpc) is 3.25. The summed E-state index contributed by atoms with van der Waals surface area (Å²) in [7, 11) is 1.70. The largest absolute Gasteiger partial charge is 0.420 e. The first-order valence-corrected chi connectivity index (χ1v) is 14.9. The maximum absolute atomic E-state index is 14.0. The number of thiophene rings is 1. The van der Waals surface area contributed by atoms with Gasteiger partial charge in [0.15, 0.2) is 0 Å². The number of nitrogens with one attached hydrogen (secondary N) is 1. The monoisotopic (exact) mass is 565 g/mol. The molecule has 0 saturated carbocycles. The van der Waals surface area contributed by atoms with E-state index in [0.717, 1.165) is 54.2 Å². The Labute approximate surface area is 226 Å². The van der Waals surface area contributed by atoms with Crippen molar-refractivity contribution in [3.63, 3.8) is 0 Å². The number of hydrogen-bond acceptors (Lipinski definition) is 8. The first-order chi connectivity index (χ1) is 17.7. The molecule has 0 atom stereocenters. The van der Waals surface area contributed by atoms with E-state index >= 15 is 0 Å². The van der Waals surface area contributed by atoms with Gasteiger partial charge in [0.1, 0.15) is 10.4 Å². The minimum atomic E-state index is -4.63. The molecule has 3 aromatic rings. The van der Waals surface area contributed by atoms with Crippen LogP contribution in [0.3, 0.4) is 0 Å². The number of halogens is 3. The van der Waals surface area contributed by atoms with Crippen molar-refractivity contribution in [1.29, 1.82) is 0 Å². The molecule has 196 valence electrons. The van der Waals surface area contributed by atoms with Crippen molar-refractivity contribution < 1.29 is 18.0 Å². The Kier molecular flexibility index (Phi) is 7.45. The second-order valence-electron chi connectivity index (χ2n) is 8.90. The summed E-state index contributed by atoms with van der Waals surface area (Å²) in [6.45, 7) is 5.58. The molecule has 5 rings (SSSR count). The Morgan fingerprint density at radius 2 is 2.00 bits per heavy atom. The standard InChI is InChI=1S/C25H26F3N5OS3/c1-4-33-6-5-14-9-17(18(35-3)10-15(14)13-33)30-24-29-12-16(25(26,27)28)21(31-24)19-11-20-22(37-19)23(34)32(2)7-8-36-20/h9-12H,4-8,13H2,1-3H3,(H,29,30,31). The number of hydrogen-bond donors (Lipinski definition) is 1. The number of carbonyl (C=O) groups excluding carboxylic acids is 1. The fourth-order valence-corrected chi connectivity index (χ4v) is 7.48. The molecule has 12 heteroatoms. The number of benzene rings is 1. The summed E-state index contributed by atoms with van der Waals surface area (Å²) < 4.78 is 41.9. The number of rotatable bonds is 5. The summed E-state index contributed by atoms with van der Waals surface area (Å²) in [5.41, 5.74) is 2.12. The van der Waals surface area contributed by atoms with Gasteiger partial charge in [-0.3, -0.25) is 9.69 Å². The van der Waals surface area contributed by atoms with Crippen LogP contribution in [0.1, 0.15) is 33.3 Å². The van der Waals surface area contributed by atoms with Gasteiger partial charge in [0.25, 0.3) is 5.91 Å². The number of carbonyl (C=O) groups is 1. The lowest BCUT2D eigenvalue weighted by Crippen LogP contribution is -2.30. The second-order valence-corrected chi connectivity index (χ2v) is 11.9. The van der Waals surface area contributed by atoms with Crippen LogP contribution in [0.2, 0.25) is 0 Å². The van der Waals surface area contributed by atoms with E-state index < -0.39 is 11.7 Å². The van der Waals surface area contributed by atoms with Crippen LogP contribution >= 0.6 is 34.9 Å². The van der Waals surface area contributed by atoms with Gasteiger partial charge < -0.3 is 10.2 Å². The Balaban J connectivity index is 1.53. The first-order valence-electron chi connectivity index (χ1n) is 11.8. The van der Waals surface area contributed by atoms with Crippen LogP contribution in [0.5, 0.6) is 0 Å². The maximum atomic E-state index is 14.0. The van der Waals surface area contributed by atoms with Gasteiger partial charge in [-0.2, -0.15) is 13.2 Å². The molecule has 0 unspecified atom stereocenters. The fraction of sp³-hybridized carbons (Fsp3) is 0.400. The molecule has 0 fully saturated rings. The summed E-state index contributed by atoms with van der Waals surface area (Å²) in [6.07, 6.45) is -0.930. The van der Waals surface area contributed by atoms with Gasteiger partial charge in [-0.25, -0.2) is 9.97 Å². The van der Waals surface area contributed by atoms with E-state index in [4.69, 9.17) is 0 Å². The zero-order valence-corrected chi connectivity index (χ0v) is 23.1. The topological polar surface area (TPSA) is 61.4 Å². The quantitative estimate of drug-likeness (QED) is 0.367. The molecule has 2 aromatic heterocycles. The maximum Gasteiger partial charge on any atom is 0.420 e. The number of anilines is 2. The van der Waals surface area contributed by atoms with Crippen molar-refractivity contribution in [3.8, 4) is 10.6 Å². The molecular formula is C25H26F3N5OS3. The van der Waals surface area contributed by atoms with E-state index in [-0.39, 0.29) is 17.5 Å². The summed E-state index contributed by atoms with van der Waals surface area (Å²) in [5, 5.41) is 3.18. The Morgan fingerprint density at radius 1 is 1.19 bits per heavy atom. The number of nitrogens with zero attached hydrogens (tertiary/aromatic N) is 4. The Bertz CT molecular complexity index is 1340. The van der Waals surface area contributed by atoms with Crippen LogP contribution in [0.15, 0.2) is 34.2 Å². The highest BCUT2D eigenvalue weighted by molar-refractivity contribution is 7.99. The van der Waals surface area contributed by atoms with Crippen molar-refractivity contribution in [1.82, 2.24) is 19.8 Å². The molecule has 37 heavy (non-hydrogen) atoms. The highest BCUT2D eigenvalue weighted by Gasteiger charge is 2.37. The lowest BCUT2D eigenvalue weighted by atomic mass is 9.99. The Hall–Kier alpha value is -2.28. The SMILES string of the molecule is CCN1CCc2cc(Nc3ncc(C(F)(F)F)c(-c4cc5c(s4)C(=O)N(C)CCS5)n3)c(SC)cc2C1. The lowest BCUT2D eigenvalue weighted by molar-refractivity contribution is -0.137. The van der Waals surface area contributed by atoms with E-state index in [1.54, 1.807) is 29.8 Å². The third kappa shape index (κ3) is 5.34. The summed E-state index contributed by atoms with van der Waals surface area (Å²) in [6, 6.07) is 5.85. The van der Waals surface area contributed by atoms with Crippen LogP contribution in [-0.4, -0.2) is 64.4 Å². The number of fused-ring (bicyclic) bond motifs is 2. The van der Waals surface area contributed by atoms with E-state index in [2.05, 4.69) is 39.2 Å². The molecular weight excluding hydrogens is 540 g/mol. The van der Waals surface area contributed by atoms with Crippen molar-refractivity contribution in [3.05, 3.63) is 46.0 Å². The molecule has 0 spiro atoms. The fourth-order valence-electron chi connectivity index (χ4n) is 4.45. The molecule has 0 saturated heterocycles. The van der Waals surface area contributed by atoms with Crippen LogP contribution < -0.4 is 5.32 Å². The van der Waals surface area contributed by atoms with Crippen molar-refractivity contribution in [2.45, 2.75) is 35.9 Å². The lowest BCUT2D eigenvalue weighted by Gasteiger charge is -2.28. The molecule has 1 aromatic carbocycles. The molecule has 1 N–H and O–H groups in total. The summed E-state index contributed by atoms with van der Waals surface area (Å²) in [4.78, 5) is 27.5. The van der Waals surface area contributed by atoms with Crippen molar-refractivity contribution in [2.75, 3.05) is 44.0 Å². The smallest absolute Gasteiger partial charge is 0.340 e. The molecule has 6 nitrogen and oxygen atoms in total. The number of amides is 1. The highest BCUT2D eigenvalue weighted by Crippen LogP contribution is 2.43. The van der Waals surface area contributed by atoms with Gasteiger partial charge in [0.05, 0.1) is 16.3 Å². The minimum Gasteiger partial charge on any atom is -0.340 e. The van der Waals surface area contributed by atoms with Crippen LogP contribution in [-0.2, 0) is 19.1 Å². The number of likely N-dealkylation sites (N-methyl/N-ethyl adjacent to an activating group) is 1. The van der Waals surface area contributed by atoms with Gasteiger partial charge in [-0.1, -0.05) is 6.92 Å². The normalized spacial score (nSPS) is 16.4.